The fourth-order valence-electron chi connectivity index (χ4n) is 2.52. The molecule has 3 rings (SSSR count). The number of aryl methyl sites for hydroxylation is 1. The Bertz CT molecular complexity index is 853. The lowest BCUT2D eigenvalue weighted by atomic mass is 10.1. The third-order valence-electron chi connectivity index (χ3n) is 3.99. The SMILES string of the molecule is Cc1cccc(-n2nnc(C=O)c2Cc2ccc(F)cc2)c1C. The van der Waals surface area contributed by atoms with Crippen molar-refractivity contribution in [2.75, 3.05) is 0 Å². The Balaban J connectivity index is 2.09. The Hall–Kier alpha value is -2.82. The highest BCUT2D eigenvalue weighted by molar-refractivity contribution is 5.74. The summed E-state index contributed by atoms with van der Waals surface area (Å²) in [6.45, 7) is 4.03. The van der Waals surface area contributed by atoms with Gasteiger partial charge in [0, 0.05) is 6.42 Å². The Morgan fingerprint density at radius 3 is 2.57 bits per heavy atom. The molecule has 0 unspecified atom stereocenters. The molecule has 2 aromatic carbocycles. The van der Waals surface area contributed by atoms with Crippen LogP contribution in [0, 0.1) is 19.7 Å². The molecule has 23 heavy (non-hydrogen) atoms. The predicted octanol–water partition coefficient (Wildman–Crippen LogP) is 3.43. The van der Waals surface area contributed by atoms with Gasteiger partial charge in [0.1, 0.15) is 11.5 Å². The van der Waals surface area contributed by atoms with Gasteiger partial charge < -0.3 is 0 Å². The Morgan fingerprint density at radius 2 is 1.87 bits per heavy atom. The topological polar surface area (TPSA) is 47.8 Å². The van der Waals surface area contributed by atoms with E-state index in [1.807, 2.05) is 32.0 Å². The third kappa shape index (κ3) is 2.90. The highest BCUT2D eigenvalue weighted by Gasteiger charge is 2.16. The zero-order valence-electron chi connectivity index (χ0n) is 13.0. The van der Waals surface area contributed by atoms with Crippen molar-refractivity contribution < 1.29 is 9.18 Å². The van der Waals surface area contributed by atoms with Gasteiger partial charge in [-0.25, -0.2) is 9.07 Å². The standard InChI is InChI=1S/C18H16FN3O/c1-12-4-3-5-17(13(12)2)22-18(16(11-23)20-21-22)10-14-6-8-15(19)9-7-14/h3-9,11H,10H2,1-2H3. The summed E-state index contributed by atoms with van der Waals surface area (Å²) in [6, 6.07) is 12.1. The van der Waals surface area contributed by atoms with Crippen molar-refractivity contribution in [2.24, 2.45) is 0 Å². The summed E-state index contributed by atoms with van der Waals surface area (Å²) in [5.74, 6) is -0.287. The third-order valence-corrected chi connectivity index (χ3v) is 3.99. The first kappa shape index (κ1) is 15.1. The Kier molecular flexibility index (Phi) is 4.02. The summed E-state index contributed by atoms with van der Waals surface area (Å²) in [7, 11) is 0. The lowest BCUT2D eigenvalue weighted by Crippen LogP contribution is -2.07. The molecule has 0 atom stereocenters. The van der Waals surface area contributed by atoms with Crippen molar-refractivity contribution in [3.8, 4) is 5.69 Å². The van der Waals surface area contributed by atoms with Gasteiger partial charge in [-0.2, -0.15) is 0 Å². The number of carbonyl (C=O) groups excluding carboxylic acids is 1. The van der Waals surface area contributed by atoms with Crippen molar-refractivity contribution in [1.82, 2.24) is 15.0 Å². The van der Waals surface area contributed by atoms with Gasteiger partial charge in [-0.3, -0.25) is 4.79 Å². The highest BCUT2D eigenvalue weighted by atomic mass is 19.1. The van der Waals surface area contributed by atoms with E-state index in [1.165, 1.54) is 12.1 Å². The molecule has 0 radical (unpaired) electrons. The van der Waals surface area contributed by atoms with Gasteiger partial charge in [0.25, 0.3) is 0 Å². The van der Waals surface area contributed by atoms with Crippen LogP contribution in [0.25, 0.3) is 5.69 Å². The summed E-state index contributed by atoms with van der Waals surface area (Å²) in [6.07, 6.45) is 1.15. The van der Waals surface area contributed by atoms with Gasteiger partial charge in [0.15, 0.2) is 6.29 Å². The molecule has 0 aliphatic rings. The monoisotopic (exact) mass is 309 g/mol. The number of benzene rings is 2. The van der Waals surface area contributed by atoms with Crippen molar-refractivity contribution in [3.63, 3.8) is 0 Å². The summed E-state index contributed by atoms with van der Waals surface area (Å²) < 4.78 is 14.8. The van der Waals surface area contributed by atoms with Crippen LogP contribution in [0.3, 0.4) is 0 Å². The maximum atomic E-state index is 13.1. The van der Waals surface area contributed by atoms with Crippen LogP contribution in [0.5, 0.6) is 0 Å². The van der Waals surface area contributed by atoms with Crippen molar-refractivity contribution in [1.29, 1.82) is 0 Å². The van der Waals surface area contributed by atoms with E-state index in [9.17, 15) is 9.18 Å². The molecule has 0 saturated heterocycles. The Labute approximate surface area is 133 Å². The van der Waals surface area contributed by atoms with Crippen molar-refractivity contribution in [2.45, 2.75) is 20.3 Å². The van der Waals surface area contributed by atoms with E-state index in [0.717, 1.165) is 22.4 Å². The molecule has 0 aliphatic carbocycles. The van der Waals surface area contributed by atoms with Gasteiger partial charge in [-0.15, -0.1) is 5.10 Å². The average molecular weight is 309 g/mol. The molecule has 4 nitrogen and oxygen atoms in total. The number of nitrogens with zero attached hydrogens (tertiary/aromatic N) is 3. The van der Waals surface area contributed by atoms with Crippen LogP contribution in [-0.4, -0.2) is 21.3 Å². The van der Waals surface area contributed by atoms with E-state index in [4.69, 9.17) is 0 Å². The molecule has 1 heterocycles. The zero-order valence-corrected chi connectivity index (χ0v) is 13.0. The second kappa shape index (κ2) is 6.12. The minimum absolute atomic E-state index is 0.287. The van der Waals surface area contributed by atoms with Crippen LogP contribution in [-0.2, 0) is 6.42 Å². The van der Waals surface area contributed by atoms with Crippen LogP contribution in [0.15, 0.2) is 42.5 Å². The molecule has 0 aliphatic heterocycles. The van der Waals surface area contributed by atoms with Crippen LogP contribution in [0.4, 0.5) is 4.39 Å². The number of hydrogen-bond donors (Lipinski definition) is 0. The van der Waals surface area contributed by atoms with Crippen molar-refractivity contribution >= 4 is 6.29 Å². The second-order valence-corrected chi connectivity index (χ2v) is 5.47. The largest absolute Gasteiger partial charge is 0.296 e. The first-order valence-corrected chi connectivity index (χ1v) is 7.31. The first-order valence-electron chi connectivity index (χ1n) is 7.31. The molecular weight excluding hydrogens is 293 g/mol. The highest BCUT2D eigenvalue weighted by Crippen LogP contribution is 2.21. The molecule has 0 spiro atoms. The number of halogens is 1. The fraction of sp³-hybridized carbons (Fsp3) is 0.167. The Morgan fingerprint density at radius 1 is 1.13 bits per heavy atom. The summed E-state index contributed by atoms with van der Waals surface area (Å²) in [5.41, 5.74) is 5.00. The summed E-state index contributed by atoms with van der Waals surface area (Å²) in [4.78, 5) is 11.3. The smallest absolute Gasteiger partial charge is 0.172 e. The maximum absolute atomic E-state index is 13.1. The number of carbonyl (C=O) groups is 1. The normalized spacial score (nSPS) is 10.7. The number of aldehydes is 1. The average Bonchev–Trinajstić information content (AvgIpc) is 2.95. The summed E-state index contributed by atoms with van der Waals surface area (Å²) in [5, 5.41) is 8.10. The molecule has 116 valence electrons. The van der Waals surface area contributed by atoms with E-state index in [2.05, 4.69) is 10.3 Å². The fourth-order valence-corrected chi connectivity index (χ4v) is 2.52. The molecule has 0 N–H and O–H groups in total. The molecular formula is C18H16FN3O. The number of aromatic nitrogens is 3. The van der Waals surface area contributed by atoms with E-state index in [1.54, 1.807) is 16.8 Å². The minimum Gasteiger partial charge on any atom is -0.296 e. The predicted molar refractivity (Wildman–Crippen MR) is 85.4 cm³/mol. The lowest BCUT2D eigenvalue weighted by Gasteiger charge is -2.11. The molecule has 0 bridgehead atoms. The minimum atomic E-state index is -0.287. The van der Waals surface area contributed by atoms with Crippen LogP contribution < -0.4 is 0 Å². The maximum Gasteiger partial charge on any atom is 0.172 e. The second-order valence-electron chi connectivity index (χ2n) is 5.47. The van der Waals surface area contributed by atoms with Gasteiger partial charge in [0.2, 0.25) is 0 Å². The molecule has 5 heteroatoms. The molecule has 0 fully saturated rings. The molecule has 3 aromatic rings. The molecule has 0 amide bonds. The van der Waals surface area contributed by atoms with Crippen LogP contribution in [0.1, 0.15) is 32.9 Å². The van der Waals surface area contributed by atoms with E-state index >= 15 is 0 Å². The quantitative estimate of drug-likeness (QED) is 0.694. The number of hydrogen-bond acceptors (Lipinski definition) is 3. The van der Waals surface area contributed by atoms with Gasteiger partial charge >= 0.3 is 0 Å². The van der Waals surface area contributed by atoms with E-state index < -0.39 is 0 Å². The van der Waals surface area contributed by atoms with Gasteiger partial charge in [-0.1, -0.05) is 29.5 Å². The molecule has 1 aromatic heterocycles. The number of rotatable bonds is 4. The van der Waals surface area contributed by atoms with Gasteiger partial charge in [-0.05, 0) is 48.7 Å². The van der Waals surface area contributed by atoms with E-state index in [0.29, 0.717) is 24.1 Å². The zero-order chi connectivity index (χ0) is 16.4. The van der Waals surface area contributed by atoms with Crippen molar-refractivity contribution in [3.05, 3.63) is 76.4 Å². The van der Waals surface area contributed by atoms with Crippen LogP contribution in [0.2, 0.25) is 0 Å². The van der Waals surface area contributed by atoms with Gasteiger partial charge in [0.05, 0.1) is 11.4 Å². The summed E-state index contributed by atoms with van der Waals surface area (Å²) >= 11 is 0. The first-order chi connectivity index (χ1) is 11.1. The molecule has 0 saturated carbocycles. The van der Waals surface area contributed by atoms with E-state index in [-0.39, 0.29) is 5.82 Å². The lowest BCUT2D eigenvalue weighted by molar-refractivity contribution is 0.111. The van der Waals surface area contributed by atoms with Crippen LogP contribution >= 0.6 is 0 Å².